The molecule has 0 saturated carbocycles. The van der Waals surface area contributed by atoms with Gasteiger partial charge in [-0.05, 0) is 24.3 Å². The van der Waals surface area contributed by atoms with Crippen molar-refractivity contribution >= 4 is 75.3 Å². The molecule has 0 unspecified atom stereocenters. The van der Waals surface area contributed by atoms with Crippen molar-refractivity contribution in [1.29, 1.82) is 0 Å². The Morgan fingerprint density at radius 2 is 1.04 bits per heavy atom. The summed E-state index contributed by atoms with van der Waals surface area (Å²) in [6.45, 7) is 0. The first-order valence-electron chi connectivity index (χ1n) is 16.8. The van der Waals surface area contributed by atoms with E-state index in [0.29, 0.717) is 17.6 Å². The van der Waals surface area contributed by atoms with Crippen LogP contribution >= 0.6 is 11.3 Å². The fourth-order valence-electron chi connectivity index (χ4n) is 7.63. The number of thiophene rings is 1. The van der Waals surface area contributed by atoms with Gasteiger partial charge in [-0.1, -0.05) is 115 Å². The van der Waals surface area contributed by atoms with Gasteiger partial charge < -0.3 is 4.57 Å². The second-order valence-corrected chi connectivity index (χ2v) is 13.5. The Kier molecular flexibility index (Phi) is 5.99. The molecular weight excluding hydrogens is 647 g/mol. The van der Waals surface area contributed by atoms with Crippen LogP contribution in [0, 0.1) is 0 Å². The molecule has 0 bridgehead atoms. The third-order valence-electron chi connectivity index (χ3n) is 9.72. The number of aromatic nitrogens is 7. The number of hydrogen-bond acceptors (Lipinski definition) is 6. The van der Waals surface area contributed by atoms with Crippen LogP contribution in [0.4, 0.5) is 0 Å². The van der Waals surface area contributed by atoms with E-state index in [1.54, 1.807) is 17.7 Å². The summed E-state index contributed by atoms with van der Waals surface area (Å²) >= 11 is 1.69. The summed E-state index contributed by atoms with van der Waals surface area (Å²) < 4.78 is 5.76. The fraction of sp³-hybridized carbons (Fsp3) is 0. The van der Waals surface area contributed by atoms with Gasteiger partial charge in [0, 0.05) is 55.3 Å². The van der Waals surface area contributed by atoms with E-state index in [-0.39, 0.29) is 0 Å². The van der Waals surface area contributed by atoms with Gasteiger partial charge in [0.15, 0.2) is 11.6 Å². The zero-order valence-electron chi connectivity index (χ0n) is 27.0. The highest BCUT2D eigenvalue weighted by atomic mass is 32.1. The van der Waals surface area contributed by atoms with E-state index < -0.39 is 0 Å². The summed E-state index contributed by atoms with van der Waals surface area (Å²) in [5, 5.41) is 6.78. The Labute approximate surface area is 294 Å². The molecule has 0 aliphatic rings. The zero-order valence-corrected chi connectivity index (χ0v) is 27.8. The lowest BCUT2D eigenvalue weighted by atomic mass is 10.0. The summed E-state index contributed by atoms with van der Waals surface area (Å²) in [6, 6.07) is 48.2. The number of fused-ring (bicyclic) bond motifs is 12. The number of benzene rings is 6. The number of hydrogen-bond donors (Lipinski definition) is 0. The minimum atomic E-state index is 0.556. The largest absolute Gasteiger partial charge is 0.309 e. The van der Waals surface area contributed by atoms with Crippen LogP contribution in [0.25, 0.3) is 98.3 Å². The van der Waals surface area contributed by atoms with Gasteiger partial charge in [-0.2, -0.15) is 9.97 Å². The molecule has 8 heteroatoms. The van der Waals surface area contributed by atoms with Crippen molar-refractivity contribution in [3.8, 4) is 34.4 Å². The molecule has 7 nitrogen and oxygen atoms in total. The quantitative estimate of drug-likeness (QED) is 0.186. The molecule has 51 heavy (non-hydrogen) atoms. The Balaban J connectivity index is 1.40. The van der Waals surface area contributed by atoms with Crippen molar-refractivity contribution in [2.45, 2.75) is 0 Å². The second-order valence-electron chi connectivity index (χ2n) is 12.6. The van der Waals surface area contributed by atoms with Crippen molar-refractivity contribution in [3.63, 3.8) is 0 Å². The molecule has 5 aromatic heterocycles. The Bertz CT molecular complexity index is 3070. The molecule has 0 spiro atoms. The fourth-order valence-corrected chi connectivity index (χ4v) is 8.79. The van der Waals surface area contributed by atoms with Gasteiger partial charge in [-0.25, -0.2) is 15.0 Å². The predicted molar refractivity (Wildman–Crippen MR) is 208 cm³/mol. The molecule has 0 amide bonds. The number of para-hydroxylation sites is 3. The monoisotopic (exact) mass is 671 g/mol. The van der Waals surface area contributed by atoms with Crippen molar-refractivity contribution in [2.75, 3.05) is 0 Å². The van der Waals surface area contributed by atoms with E-state index in [0.717, 1.165) is 70.0 Å². The van der Waals surface area contributed by atoms with Gasteiger partial charge in [0.2, 0.25) is 5.95 Å². The Morgan fingerprint density at radius 3 is 1.71 bits per heavy atom. The van der Waals surface area contributed by atoms with Gasteiger partial charge in [0.05, 0.1) is 26.8 Å². The standard InChI is InChI=1S/C43H25N7S/c1-4-14-26(15-5-1)40-46-41(27-16-6-2-7-17-27)48-43(47-40)50-33-23-13-11-21-30(33)36-37-34(35-31-24-44-25-45-42(31)51-39(35)38(36)50)29-20-10-12-22-32(29)49(37)28-18-8-3-9-19-28/h1-25H. The average Bonchev–Trinajstić information content (AvgIpc) is 3.87. The number of nitrogens with zero attached hydrogens (tertiary/aromatic N) is 7. The smallest absolute Gasteiger partial charge is 0.238 e. The maximum Gasteiger partial charge on any atom is 0.238 e. The minimum Gasteiger partial charge on any atom is -0.309 e. The van der Waals surface area contributed by atoms with Gasteiger partial charge in [-0.15, -0.1) is 11.3 Å². The highest BCUT2D eigenvalue weighted by molar-refractivity contribution is 7.26. The summed E-state index contributed by atoms with van der Waals surface area (Å²) in [5.74, 6) is 1.78. The van der Waals surface area contributed by atoms with Crippen LogP contribution in [0.5, 0.6) is 0 Å². The topological polar surface area (TPSA) is 74.3 Å². The Morgan fingerprint density at radius 1 is 0.471 bits per heavy atom. The van der Waals surface area contributed by atoms with E-state index in [4.69, 9.17) is 19.9 Å². The maximum absolute atomic E-state index is 5.25. The molecule has 238 valence electrons. The van der Waals surface area contributed by atoms with Crippen molar-refractivity contribution in [2.24, 2.45) is 0 Å². The van der Waals surface area contributed by atoms with E-state index in [1.165, 1.54) is 10.8 Å². The normalized spacial score (nSPS) is 11.9. The van der Waals surface area contributed by atoms with Crippen LogP contribution < -0.4 is 0 Å². The predicted octanol–water partition coefficient (Wildman–Crippen LogP) is 10.6. The van der Waals surface area contributed by atoms with Gasteiger partial charge in [0.1, 0.15) is 11.2 Å². The third-order valence-corrected chi connectivity index (χ3v) is 10.8. The lowest BCUT2D eigenvalue weighted by Gasteiger charge is -2.12. The average molecular weight is 672 g/mol. The molecule has 6 aromatic carbocycles. The first-order valence-corrected chi connectivity index (χ1v) is 17.6. The molecule has 0 aliphatic carbocycles. The van der Waals surface area contributed by atoms with Crippen LogP contribution in [-0.4, -0.2) is 34.1 Å². The summed E-state index contributed by atoms with van der Waals surface area (Å²) in [7, 11) is 0. The van der Waals surface area contributed by atoms with Crippen LogP contribution in [-0.2, 0) is 0 Å². The molecule has 0 N–H and O–H groups in total. The lowest BCUT2D eigenvalue weighted by molar-refractivity contribution is 0.955. The first-order chi connectivity index (χ1) is 25.3. The zero-order chi connectivity index (χ0) is 33.5. The van der Waals surface area contributed by atoms with Crippen molar-refractivity contribution < 1.29 is 0 Å². The maximum atomic E-state index is 5.25. The van der Waals surface area contributed by atoms with Crippen LogP contribution in [0.2, 0.25) is 0 Å². The van der Waals surface area contributed by atoms with Crippen molar-refractivity contribution in [1.82, 2.24) is 34.1 Å². The Hall–Kier alpha value is -6.77. The number of rotatable bonds is 4. The SMILES string of the molecule is c1ccc(-c2nc(-c3ccccc3)nc(-n3c4ccccc4c4c3c3sc5ncncc5c3c3c5ccccc5n(-c5ccccc5)c34)n2)cc1. The van der Waals surface area contributed by atoms with Gasteiger partial charge in [0.25, 0.3) is 0 Å². The molecule has 0 radical (unpaired) electrons. The van der Waals surface area contributed by atoms with E-state index >= 15 is 0 Å². The van der Waals surface area contributed by atoms with E-state index in [2.05, 4.69) is 93.0 Å². The van der Waals surface area contributed by atoms with Gasteiger partial charge in [-0.3, -0.25) is 4.57 Å². The van der Waals surface area contributed by atoms with E-state index in [1.807, 2.05) is 66.9 Å². The molecular formula is C43H25N7S. The lowest BCUT2D eigenvalue weighted by Crippen LogP contribution is -2.06. The van der Waals surface area contributed by atoms with Crippen LogP contribution in [0.3, 0.4) is 0 Å². The van der Waals surface area contributed by atoms with E-state index in [9.17, 15) is 0 Å². The summed E-state index contributed by atoms with van der Waals surface area (Å²) in [4.78, 5) is 25.8. The molecule has 0 aliphatic heterocycles. The van der Waals surface area contributed by atoms with Gasteiger partial charge >= 0.3 is 0 Å². The molecule has 0 atom stereocenters. The summed E-state index contributed by atoms with van der Waals surface area (Å²) in [6.07, 6.45) is 3.59. The minimum absolute atomic E-state index is 0.556. The highest BCUT2D eigenvalue weighted by Gasteiger charge is 2.28. The molecule has 5 heterocycles. The van der Waals surface area contributed by atoms with Crippen LogP contribution in [0.15, 0.2) is 152 Å². The third kappa shape index (κ3) is 4.08. The molecule has 11 rings (SSSR count). The summed E-state index contributed by atoms with van der Waals surface area (Å²) in [5.41, 5.74) is 7.25. The van der Waals surface area contributed by atoms with Crippen LogP contribution in [0.1, 0.15) is 0 Å². The first kappa shape index (κ1) is 28.1. The molecule has 0 saturated heterocycles. The molecule has 11 aromatic rings. The highest BCUT2D eigenvalue weighted by Crippen LogP contribution is 2.50. The second kappa shape index (κ2) is 10.9. The van der Waals surface area contributed by atoms with Crippen molar-refractivity contribution in [3.05, 3.63) is 152 Å². The molecule has 0 fully saturated rings.